The van der Waals surface area contributed by atoms with E-state index in [9.17, 15) is 18.0 Å². The Labute approximate surface area is 96.8 Å². The zero-order valence-electron chi connectivity index (χ0n) is 7.43. The van der Waals surface area contributed by atoms with Crippen LogP contribution in [0.25, 0.3) is 0 Å². The van der Waals surface area contributed by atoms with Crippen LogP contribution < -0.4 is 0 Å². The van der Waals surface area contributed by atoms with E-state index in [4.69, 9.17) is 0 Å². The molecule has 0 saturated heterocycles. The average Bonchev–Trinajstić information content (AvgIpc) is 2.16. The molecule has 0 bridgehead atoms. The summed E-state index contributed by atoms with van der Waals surface area (Å²) in [5.41, 5.74) is -1.05. The normalized spacial score (nSPS) is 10.5. The van der Waals surface area contributed by atoms with E-state index in [1.165, 1.54) is 22.6 Å². The van der Waals surface area contributed by atoms with Gasteiger partial charge in [-0.25, -0.2) is 18.6 Å². The molecule has 0 spiro atoms. The van der Waals surface area contributed by atoms with Crippen molar-refractivity contribution in [3.05, 3.63) is 26.8 Å². The minimum Gasteiger partial charge on any atom is -0.465 e. The van der Waals surface area contributed by atoms with Crippen molar-refractivity contribution in [3.8, 4) is 0 Å². The first-order chi connectivity index (χ1) is 6.99. The van der Waals surface area contributed by atoms with E-state index in [2.05, 4.69) is 9.72 Å². The van der Waals surface area contributed by atoms with Gasteiger partial charge in [-0.1, -0.05) is 0 Å². The van der Waals surface area contributed by atoms with E-state index in [0.29, 0.717) is 0 Å². The lowest BCUT2D eigenvalue weighted by Crippen LogP contribution is -2.09. The van der Waals surface area contributed by atoms with Gasteiger partial charge in [0.2, 0.25) is 5.95 Å². The molecule has 1 aromatic heterocycles. The van der Waals surface area contributed by atoms with Crippen LogP contribution in [0.4, 0.5) is 13.2 Å². The van der Waals surface area contributed by atoms with Gasteiger partial charge in [0.15, 0.2) is 0 Å². The van der Waals surface area contributed by atoms with Crippen LogP contribution in [0.1, 0.15) is 22.3 Å². The maximum Gasteiger partial charge on any atom is 0.340 e. The van der Waals surface area contributed by atoms with Crippen molar-refractivity contribution in [2.45, 2.75) is 6.43 Å². The van der Waals surface area contributed by atoms with E-state index in [0.717, 1.165) is 13.3 Å². The number of methoxy groups -OCH3 is 1. The minimum absolute atomic E-state index is 0.171. The monoisotopic (exact) mass is 331 g/mol. The van der Waals surface area contributed by atoms with E-state index in [-0.39, 0.29) is 9.13 Å². The van der Waals surface area contributed by atoms with E-state index >= 15 is 0 Å². The molecule has 0 aromatic carbocycles. The molecule has 0 amide bonds. The molecular formula is C8H5F3INO2. The number of nitrogens with zero attached hydrogens (tertiary/aromatic N) is 1. The summed E-state index contributed by atoms with van der Waals surface area (Å²) in [6, 6.07) is 0. The molecule has 0 radical (unpaired) electrons. The number of pyridine rings is 1. The van der Waals surface area contributed by atoms with Gasteiger partial charge < -0.3 is 4.74 Å². The number of ether oxygens (including phenoxy) is 1. The number of esters is 1. The van der Waals surface area contributed by atoms with Crippen LogP contribution in [0.2, 0.25) is 0 Å². The van der Waals surface area contributed by atoms with Gasteiger partial charge >= 0.3 is 5.97 Å². The van der Waals surface area contributed by atoms with Crippen molar-refractivity contribution < 1.29 is 22.7 Å². The van der Waals surface area contributed by atoms with Crippen LogP contribution in [0.3, 0.4) is 0 Å². The van der Waals surface area contributed by atoms with Crippen molar-refractivity contribution >= 4 is 28.6 Å². The molecule has 0 aliphatic heterocycles. The Hall–Kier alpha value is -0.860. The zero-order valence-corrected chi connectivity index (χ0v) is 9.59. The summed E-state index contributed by atoms with van der Waals surface area (Å²) in [5, 5.41) is 0. The second-order valence-corrected chi connectivity index (χ2v) is 3.56. The second kappa shape index (κ2) is 4.77. The molecule has 0 unspecified atom stereocenters. The number of halogens is 4. The molecule has 0 atom stereocenters. The van der Waals surface area contributed by atoms with Gasteiger partial charge in [-0.2, -0.15) is 4.39 Å². The lowest BCUT2D eigenvalue weighted by atomic mass is 10.2. The minimum atomic E-state index is -3.02. The Morgan fingerprint density at radius 1 is 1.60 bits per heavy atom. The number of aromatic nitrogens is 1. The van der Waals surface area contributed by atoms with Crippen LogP contribution in [0, 0.1) is 9.52 Å². The standard InChI is InChI=1S/C8H5F3INO2/c1-15-8(14)3-2-13-7(11)4(5(3)12)6(9)10/h2,6H,1H3. The fraction of sp³-hybridized carbons (Fsp3) is 0.250. The van der Waals surface area contributed by atoms with Crippen molar-refractivity contribution in [2.24, 2.45) is 0 Å². The largest absolute Gasteiger partial charge is 0.465 e. The summed E-state index contributed by atoms with van der Waals surface area (Å²) in [4.78, 5) is 14.2. The topological polar surface area (TPSA) is 39.2 Å². The molecule has 7 heteroatoms. The van der Waals surface area contributed by atoms with E-state index < -0.39 is 23.9 Å². The molecule has 0 aliphatic rings. The SMILES string of the molecule is COC(=O)c1cnc(F)c(C(F)F)c1I. The third-order valence-electron chi connectivity index (χ3n) is 1.63. The fourth-order valence-electron chi connectivity index (χ4n) is 0.921. The maximum atomic E-state index is 12.9. The first kappa shape index (κ1) is 12.2. The third kappa shape index (κ3) is 2.39. The number of rotatable bonds is 2. The zero-order chi connectivity index (χ0) is 11.6. The summed E-state index contributed by atoms with van der Waals surface area (Å²) in [5.74, 6) is -2.10. The summed E-state index contributed by atoms with van der Waals surface area (Å²) in [7, 11) is 1.10. The van der Waals surface area contributed by atoms with Gasteiger partial charge in [0.05, 0.1) is 18.2 Å². The van der Waals surface area contributed by atoms with Crippen molar-refractivity contribution in [2.75, 3.05) is 7.11 Å². The lowest BCUT2D eigenvalue weighted by molar-refractivity contribution is 0.0598. The van der Waals surface area contributed by atoms with Crippen LogP contribution in [0.5, 0.6) is 0 Å². The van der Waals surface area contributed by atoms with Gasteiger partial charge in [0.25, 0.3) is 6.43 Å². The molecule has 82 valence electrons. The number of alkyl halides is 2. The van der Waals surface area contributed by atoms with Crippen LogP contribution >= 0.6 is 22.6 Å². The Kier molecular flexibility index (Phi) is 3.89. The third-order valence-corrected chi connectivity index (χ3v) is 2.79. The molecule has 1 heterocycles. The predicted octanol–water partition coefficient (Wildman–Crippen LogP) is 2.55. The second-order valence-electron chi connectivity index (χ2n) is 2.48. The fourth-order valence-corrected chi connectivity index (χ4v) is 1.74. The number of hydrogen-bond donors (Lipinski definition) is 0. The molecular weight excluding hydrogens is 326 g/mol. The summed E-state index contributed by atoms with van der Waals surface area (Å²) >= 11 is 1.46. The summed E-state index contributed by atoms with van der Waals surface area (Å²) in [6.07, 6.45) is -2.15. The van der Waals surface area contributed by atoms with Gasteiger partial charge in [-0.05, 0) is 22.6 Å². The molecule has 0 saturated carbocycles. The van der Waals surface area contributed by atoms with Crippen molar-refractivity contribution in [3.63, 3.8) is 0 Å². The highest BCUT2D eigenvalue weighted by atomic mass is 127. The van der Waals surface area contributed by atoms with Crippen LogP contribution in [-0.4, -0.2) is 18.1 Å². The number of hydrogen-bond acceptors (Lipinski definition) is 3. The molecule has 1 aromatic rings. The van der Waals surface area contributed by atoms with Crippen molar-refractivity contribution in [1.29, 1.82) is 0 Å². The maximum absolute atomic E-state index is 12.9. The summed E-state index contributed by atoms with van der Waals surface area (Å²) in [6.45, 7) is 0. The predicted molar refractivity (Wildman–Crippen MR) is 53.2 cm³/mol. The molecule has 0 fully saturated rings. The number of carbonyl (C=O) groups excluding carboxylic acids is 1. The lowest BCUT2D eigenvalue weighted by Gasteiger charge is -2.07. The molecule has 3 nitrogen and oxygen atoms in total. The Morgan fingerprint density at radius 3 is 2.67 bits per heavy atom. The van der Waals surface area contributed by atoms with Crippen LogP contribution in [0.15, 0.2) is 6.20 Å². The van der Waals surface area contributed by atoms with E-state index in [1.807, 2.05) is 0 Å². The van der Waals surface area contributed by atoms with Gasteiger partial charge in [0, 0.05) is 9.77 Å². The molecule has 0 aliphatic carbocycles. The molecule has 1 rings (SSSR count). The van der Waals surface area contributed by atoms with Gasteiger partial charge in [-0.3, -0.25) is 0 Å². The summed E-state index contributed by atoms with van der Waals surface area (Å²) < 4.78 is 41.9. The molecule has 0 N–H and O–H groups in total. The molecule has 15 heavy (non-hydrogen) atoms. The van der Waals surface area contributed by atoms with Gasteiger partial charge in [0.1, 0.15) is 0 Å². The van der Waals surface area contributed by atoms with Crippen LogP contribution in [-0.2, 0) is 4.74 Å². The van der Waals surface area contributed by atoms with E-state index in [1.54, 1.807) is 0 Å². The highest BCUT2D eigenvalue weighted by Crippen LogP contribution is 2.28. The number of carbonyl (C=O) groups is 1. The first-order valence-corrected chi connectivity index (χ1v) is 4.77. The Bertz CT molecular complexity index is 398. The quantitative estimate of drug-likeness (QED) is 0.475. The van der Waals surface area contributed by atoms with Gasteiger partial charge in [-0.15, -0.1) is 0 Å². The average molecular weight is 331 g/mol. The van der Waals surface area contributed by atoms with Crippen molar-refractivity contribution in [1.82, 2.24) is 4.98 Å². The Morgan fingerprint density at radius 2 is 2.20 bits per heavy atom. The highest BCUT2D eigenvalue weighted by Gasteiger charge is 2.24. The Balaban J connectivity index is 3.35. The highest BCUT2D eigenvalue weighted by molar-refractivity contribution is 14.1. The smallest absolute Gasteiger partial charge is 0.340 e. The first-order valence-electron chi connectivity index (χ1n) is 3.69.